The first-order valence-electron chi connectivity index (χ1n) is 11.2. The van der Waals surface area contributed by atoms with Crippen molar-refractivity contribution in [3.05, 3.63) is 65.5 Å². The van der Waals surface area contributed by atoms with Gasteiger partial charge in [0.05, 0.1) is 45.8 Å². The molecule has 5 rings (SSSR count). The summed E-state index contributed by atoms with van der Waals surface area (Å²) in [5, 5.41) is 24.4. The summed E-state index contributed by atoms with van der Waals surface area (Å²) in [6.45, 7) is 1.26. The molecule has 178 valence electrons. The van der Waals surface area contributed by atoms with Gasteiger partial charge in [-0.2, -0.15) is 0 Å². The molecule has 0 amide bonds. The molecule has 0 saturated carbocycles. The van der Waals surface area contributed by atoms with Crippen molar-refractivity contribution in [1.29, 1.82) is 5.41 Å². The Morgan fingerprint density at radius 3 is 2.94 bits per heavy atom. The maximum atomic E-state index is 10.5. The van der Waals surface area contributed by atoms with Gasteiger partial charge in [-0.3, -0.25) is 4.90 Å². The van der Waals surface area contributed by atoms with Crippen LogP contribution in [0.1, 0.15) is 12.0 Å². The largest absolute Gasteiger partial charge is 0.509 e. The number of hydrogen-bond donors (Lipinski definition) is 4. The van der Waals surface area contributed by atoms with E-state index in [1.807, 2.05) is 61.5 Å². The minimum Gasteiger partial charge on any atom is -0.509 e. The van der Waals surface area contributed by atoms with E-state index in [1.54, 1.807) is 11.3 Å². The predicted octanol–water partition coefficient (Wildman–Crippen LogP) is 3.65. The minimum atomic E-state index is 0.244. The van der Waals surface area contributed by atoms with Gasteiger partial charge in [-0.15, -0.1) is 11.3 Å². The first-order valence-corrected chi connectivity index (χ1v) is 12.1. The molecule has 0 radical (unpaired) electrons. The molecule has 0 aliphatic carbocycles. The molecule has 2 aromatic heterocycles. The first kappa shape index (κ1) is 22.9. The van der Waals surface area contributed by atoms with Crippen molar-refractivity contribution in [3.63, 3.8) is 0 Å². The third kappa shape index (κ3) is 4.72. The van der Waals surface area contributed by atoms with Gasteiger partial charge in [0.1, 0.15) is 29.9 Å². The number of aliphatic hydroxyl groups excluding tert-OH is 1. The van der Waals surface area contributed by atoms with E-state index in [2.05, 4.69) is 25.2 Å². The molecule has 1 aliphatic rings. The number of rotatable bonds is 7. The van der Waals surface area contributed by atoms with Crippen LogP contribution in [0, 0.1) is 5.41 Å². The van der Waals surface area contributed by atoms with Crippen molar-refractivity contribution in [2.45, 2.75) is 6.42 Å². The van der Waals surface area contributed by atoms with E-state index in [0.29, 0.717) is 41.2 Å². The second-order valence-corrected chi connectivity index (χ2v) is 9.20. The molecule has 10 heteroatoms. The first-order chi connectivity index (χ1) is 17.1. The highest BCUT2D eigenvalue weighted by Crippen LogP contribution is 2.36. The van der Waals surface area contributed by atoms with E-state index in [9.17, 15) is 5.11 Å². The molecule has 35 heavy (non-hydrogen) atoms. The second kappa shape index (κ2) is 9.79. The van der Waals surface area contributed by atoms with Gasteiger partial charge in [-0.25, -0.2) is 15.0 Å². The molecule has 2 aromatic carbocycles. The fourth-order valence-electron chi connectivity index (χ4n) is 4.05. The fourth-order valence-corrected chi connectivity index (χ4v) is 4.76. The van der Waals surface area contributed by atoms with Gasteiger partial charge in [0.2, 0.25) is 0 Å². The third-order valence-electron chi connectivity index (χ3n) is 5.83. The highest BCUT2D eigenvalue weighted by molar-refractivity contribution is 7.16. The second-order valence-electron chi connectivity index (χ2n) is 8.31. The predicted molar refractivity (Wildman–Crippen MR) is 139 cm³/mol. The summed E-state index contributed by atoms with van der Waals surface area (Å²) in [7, 11) is 3.90. The van der Waals surface area contributed by atoms with Gasteiger partial charge in [-0.05, 0) is 42.9 Å². The molecular formula is C25H26N7O2S+. The summed E-state index contributed by atoms with van der Waals surface area (Å²) in [5.41, 5.74) is 5.83. The quantitative estimate of drug-likeness (QED) is 0.293. The Bertz CT molecular complexity index is 1480. The van der Waals surface area contributed by atoms with Crippen LogP contribution in [0.15, 0.2) is 59.9 Å². The molecular weight excluding hydrogens is 462 g/mol. The lowest BCUT2D eigenvalue weighted by molar-refractivity contribution is -0.555. The van der Waals surface area contributed by atoms with Crippen molar-refractivity contribution in [1.82, 2.24) is 19.9 Å². The van der Waals surface area contributed by atoms with E-state index in [1.165, 1.54) is 12.5 Å². The SMILES string of the molecule is C[NH2+]/C=C(\C=N)c1cc(OC2=C(O)CCN(C)C2)c2c(Nc3ccc4ncsc4c3)ncnc2c1. The number of likely N-dealkylation sites (N-methyl/N-ethyl adjacent to an activating group) is 1. The topological polar surface area (TPSA) is 124 Å². The summed E-state index contributed by atoms with van der Waals surface area (Å²) in [6.07, 6.45) is 5.21. The number of ether oxygens (including phenoxy) is 1. The highest BCUT2D eigenvalue weighted by Gasteiger charge is 2.21. The average molecular weight is 489 g/mol. The summed E-state index contributed by atoms with van der Waals surface area (Å²) in [5.74, 6) is 1.85. The number of hydrogen-bond acceptors (Lipinski definition) is 9. The summed E-state index contributed by atoms with van der Waals surface area (Å²) in [6, 6.07) is 9.76. The van der Waals surface area contributed by atoms with Crippen LogP contribution in [0.4, 0.5) is 11.5 Å². The normalized spacial score (nSPS) is 15.1. The molecule has 0 bridgehead atoms. The van der Waals surface area contributed by atoms with Crippen LogP contribution < -0.4 is 15.4 Å². The number of nitrogens with one attached hydrogen (secondary N) is 2. The monoisotopic (exact) mass is 488 g/mol. The molecule has 0 spiro atoms. The fraction of sp³-hybridized carbons (Fsp3) is 0.200. The third-order valence-corrected chi connectivity index (χ3v) is 6.62. The van der Waals surface area contributed by atoms with Crippen molar-refractivity contribution < 1.29 is 15.2 Å². The minimum absolute atomic E-state index is 0.244. The molecule has 0 atom stereocenters. The zero-order valence-corrected chi connectivity index (χ0v) is 20.3. The Labute approximate surface area is 206 Å². The average Bonchev–Trinajstić information content (AvgIpc) is 3.32. The Morgan fingerprint density at radius 1 is 1.23 bits per heavy atom. The van der Waals surface area contributed by atoms with Gasteiger partial charge in [0.25, 0.3) is 0 Å². The van der Waals surface area contributed by atoms with Gasteiger partial charge in [0.15, 0.2) is 5.76 Å². The molecule has 4 aromatic rings. The zero-order valence-electron chi connectivity index (χ0n) is 19.4. The number of nitrogens with two attached hydrogens (primary N) is 1. The van der Waals surface area contributed by atoms with Crippen molar-refractivity contribution in [2.75, 3.05) is 32.5 Å². The van der Waals surface area contributed by atoms with Crippen molar-refractivity contribution in [3.8, 4) is 5.75 Å². The molecule has 1 aliphatic heterocycles. The van der Waals surface area contributed by atoms with Crippen LogP contribution in [-0.4, -0.2) is 58.4 Å². The molecule has 3 heterocycles. The van der Waals surface area contributed by atoms with E-state index in [-0.39, 0.29) is 5.76 Å². The zero-order chi connectivity index (χ0) is 24.4. The number of allylic oxidation sites excluding steroid dienone is 1. The van der Waals surface area contributed by atoms with E-state index in [0.717, 1.165) is 33.6 Å². The Morgan fingerprint density at radius 2 is 2.11 bits per heavy atom. The highest BCUT2D eigenvalue weighted by atomic mass is 32.1. The van der Waals surface area contributed by atoms with Crippen molar-refractivity contribution >= 4 is 55.7 Å². The number of aliphatic hydroxyl groups is 1. The molecule has 5 N–H and O–H groups in total. The maximum Gasteiger partial charge on any atom is 0.155 e. The number of thiazole rings is 1. The lowest BCUT2D eigenvalue weighted by Gasteiger charge is -2.25. The molecule has 0 unspecified atom stereocenters. The van der Waals surface area contributed by atoms with E-state index >= 15 is 0 Å². The van der Waals surface area contributed by atoms with Crippen LogP contribution >= 0.6 is 11.3 Å². The molecule has 0 saturated heterocycles. The number of quaternary nitrogens is 1. The number of nitrogens with zero attached hydrogens (tertiary/aromatic N) is 4. The van der Waals surface area contributed by atoms with Crippen LogP contribution in [0.3, 0.4) is 0 Å². The summed E-state index contributed by atoms with van der Waals surface area (Å²) in [4.78, 5) is 15.5. The maximum absolute atomic E-state index is 10.5. The van der Waals surface area contributed by atoms with Gasteiger partial charge in [0, 0.05) is 24.9 Å². The van der Waals surface area contributed by atoms with Crippen LogP contribution in [0.2, 0.25) is 0 Å². The Kier molecular flexibility index (Phi) is 6.41. The Hall–Kier alpha value is -3.86. The standard InChI is InChI=1S/C25H25N7O2S/c1-27-11-16(10-26)15-7-19-24(21(8-15)34-22-12-32(2)6-5-20(22)33)25(29-13-28-19)31-17-3-4-18-23(9-17)35-14-30-18/h3-4,7-11,13-14,26-27,33H,5-6,12H2,1-2H3,(H,28,29,31)/p+1/b16-11+,26-10?. The molecule has 9 nitrogen and oxygen atoms in total. The van der Waals surface area contributed by atoms with Gasteiger partial charge < -0.3 is 25.9 Å². The number of aromatic nitrogens is 3. The van der Waals surface area contributed by atoms with Gasteiger partial charge in [-0.1, -0.05) is 0 Å². The smallest absolute Gasteiger partial charge is 0.155 e. The molecule has 0 fully saturated rings. The lowest BCUT2D eigenvalue weighted by Crippen LogP contribution is -2.72. The number of anilines is 2. The summed E-state index contributed by atoms with van der Waals surface area (Å²) >= 11 is 1.58. The number of fused-ring (bicyclic) bond motifs is 2. The van der Waals surface area contributed by atoms with Crippen LogP contribution in [0.25, 0.3) is 26.7 Å². The van der Waals surface area contributed by atoms with Crippen LogP contribution in [-0.2, 0) is 0 Å². The van der Waals surface area contributed by atoms with Gasteiger partial charge >= 0.3 is 0 Å². The Balaban J connectivity index is 1.65. The number of benzene rings is 2. The van der Waals surface area contributed by atoms with E-state index < -0.39 is 0 Å². The van der Waals surface area contributed by atoms with E-state index in [4.69, 9.17) is 10.1 Å². The van der Waals surface area contributed by atoms with Crippen molar-refractivity contribution in [2.24, 2.45) is 0 Å². The summed E-state index contributed by atoms with van der Waals surface area (Å²) < 4.78 is 7.42. The van der Waals surface area contributed by atoms with Crippen LogP contribution in [0.5, 0.6) is 5.75 Å². The lowest BCUT2D eigenvalue weighted by atomic mass is 10.0.